The number of hydrogen-bond acceptors (Lipinski definition) is 0. The highest BCUT2D eigenvalue weighted by Gasteiger charge is 2.29. The average molecular weight is 1140 g/mol. The van der Waals surface area contributed by atoms with E-state index >= 15 is 0 Å². The van der Waals surface area contributed by atoms with Crippen LogP contribution in [0.3, 0.4) is 0 Å². The van der Waals surface area contributed by atoms with Crippen molar-refractivity contribution in [2.24, 2.45) is 28.2 Å². The van der Waals surface area contributed by atoms with E-state index in [2.05, 4.69) is 240 Å². The summed E-state index contributed by atoms with van der Waals surface area (Å²) in [4.78, 5) is 0. The molecular formula is C82H100N4. The van der Waals surface area contributed by atoms with Gasteiger partial charge in [-0.1, -0.05) is 0 Å². The van der Waals surface area contributed by atoms with Crippen LogP contribution >= 0.6 is 0 Å². The molecule has 0 aliphatic rings. The number of fused-ring (bicyclic) bond motifs is 12. The van der Waals surface area contributed by atoms with Crippen LogP contribution in [0, 0.1) is 194 Å². The molecule has 0 aliphatic carbocycles. The molecule has 8 aromatic carbocycles. The molecule has 0 saturated heterocycles. The molecule has 12 aromatic rings. The lowest BCUT2D eigenvalue weighted by Gasteiger charge is -2.21. The smallest absolute Gasteiger partial charge is 0.0524 e. The van der Waals surface area contributed by atoms with Gasteiger partial charge in [-0.3, -0.25) is 0 Å². The van der Waals surface area contributed by atoms with Crippen molar-refractivity contribution in [3.63, 3.8) is 0 Å². The normalized spacial score (nSPS) is 12.3. The largest absolute Gasteiger partial charge is 0.343 e. The maximum absolute atomic E-state index is 2.50. The molecule has 4 nitrogen and oxygen atoms in total. The fourth-order valence-electron chi connectivity index (χ4n) is 17.6. The maximum atomic E-state index is 2.50. The molecule has 448 valence electrons. The molecule has 86 heavy (non-hydrogen) atoms. The van der Waals surface area contributed by atoms with E-state index in [4.69, 9.17) is 0 Å². The van der Waals surface area contributed by atoms with Crippen LogP contribution in [0.25, 0.3) is 87.2 Å². The summed E-state index contributed by atoms with van der Waals surface area (Å²) in [5.41, 5.74) is 57.1. The molecule has 4 heteroatoms. The van der Waals surface area contributed by atoms with Crippen molar-refractivity contribution >= 4 is 87.2 Å². The van der Waals surface area contributed by atoms with Gasteiger partial charge in [0.05, 0.1) is 44.1 Å². The van der Waals surface area contributed by atoms with Crippen molar-refractivity contribution in [2.45, 2.75) is 207 Å². The Morgan fingerprint density at radius 2 is 0.267 bits per heavy atom. The highest BCUT2D eigenvalue weighted by Crippen LogP contribution is 2.48. The molecule has 0 atom stereocenters. The molecule has 0 spiro atoms. The van der Waals surface area contributed by atoms with Crippen LogP contribution in [0.4, 0.5) is 0 Å². The molecule has 0 amide bonds. The number of nitrogens with zero attached hydrogens (tertiary/aromatic N) is 4. The Bertz CT molecular complexity index is 4950. The molecule has 0 N–H and O–H groups in total. The lowest BCUT2D eigenvalue weighted by molar-refractivity contribution is 0.980. The first-order valence-corrected chi connectivity index (χ1v) is 32.0. The Morgan fingerprint density at radius 3 is 0.477 bits per heavy atom. The standard InChI is InChI=1S/2C41H50N2/c1-18-20(3)28(11)38-34(24(18)7)36-26(9)22(5)32(30(13)40(36)42(38)15)17-33-23(6)27(10)37-35-25(8)19(2)21(4)29(12)39(35)43(16)41(37)31(33)14;1-18-20(3)27(10)38-34(24(18)7)36-26(9)22(5)33(31(14)41(36)43(38)16)17-32-23(6)29(12)40-37(30(32)13)35-25(8)19(2)21(4)28(11)39(35)42(40)15/h2*17H2,1-16H3. The van der Waals surface area contributed by atoms with Crippen molar-refractivity contribution < 1.29 is 0 Å². The van der Waals surface area contributed by atoms with Gasteiger partial charge >= 0.3 is 0 Å². The van der Waals surface area contributed by atoms with Gasteiger partial charge in [0.15, 0.2) is 0 Å². The van der Waals surface area contributed by atoms with Gasteiger partial charge in [0.1, 0.15) is 0 Å². The van der Waals surface area contributed by atoms with Gasteiger partial charge in [-0.05, 0) is 385 Å². The number of hydrogen-bond donors (Lipinski definition) is 0. The zero-order valence-corrected chi connectivity index (χ0v) is 59.2. The Morgan fingerprint density at radius 1 is 0.140 bits per heavy atom. The summed E-state index contributed by atoms with van der Waals surface area (Å²) in [6.45, 7) is 65.2. The monoisotopic (exact) mass is 1140 g/mol. The van der Waals surface area contributed by atoms with Gasteiger partial charge in [0.2, 0.25) is 0 Å². The molecule has 0 fully saturated rings. The van der Waals surface area contributed by atoms with Crippen molar-refractivity contribution in [3.05, 3.63) is 178 Å². The first-order valence-electron chi connectivity index (χ1n) is 32.0. The first kappa shape index (κ1) is 60.6. The molecular weight excluding hydrogens is 1040 g/mol. The highest BCUT2D eigenvalue weighted by molar-refractivity contribution is 6.18. The van der Waals surface area contributed by atoms with Crippen LogP contribution in [-0.2, 0) is 41.0 Å². The van der Waals surface area contributed by atoms with E-state index in [0.717, 1.165) is 12.8 Å². The van der Waals surface area contributed by atoms with Gasteiger partial charge in [0, 0.05) is 71.3 Å². The second-order valence-corrected chi connectivity index (χ2v) is 27.8. The third-order valence-corrected chi connectivity index (χ3v) is 24.7. The summed E-state index contributed by atoms with van der Waals surface area (Å²) in [5.74, 6) is 0. The van der Waals surface area contributed by atoms with Crippen molar-refractivity contribution in [2.75, 3.05) is 0 Å². The number of aryl methyl sites for hydroxylation is 20. The number of benzene rings is 8. The molecule has 0 aliphatic heterocycles. The van der Waals surface area contributed by atoms with Gasteiger partial charge in [-0.15, -0.1) is 0 Å². The first-order chi connectivity index (χ1) is 40.1. The zero-order valence-electron chi connectivity index (χ0n) is 59.2. The minimum Gasteiger partial charge on any atom is -0.343 e. The molecule has 12 rings (SSSR count). The molecule has 4 aromatic heterocycles. The van der Waals surface area contributed by atoms with Crippen LogP contribution in [0.15, 0.2) is 0 Å². The van der Waals surface area contributed by atoms with Crippen molar-refractivity contribution in [1.82, 2.24) is 18.3 Å². The molecule has 0 bridgehead atoms. The predicted octanol–water partition coefficient (Wildman–Crippen LogP) is 21.8. The summed E-state index contributed by atoms with van der Waals surface area (Å²) in [6.07, 6.45) is 1.91. The minimum atomic E-state index is 0.956. The Labute approximate surface area is 515 Å². The summed E-state index contributed by atoms with van der Waals surface area (Å²) in [6, 6.07) is 0. The second kappa shape index (κ2) is 20.3. The van der Waals surface area contributed by atoms with Crippen molar-refractivity contribution in [1.29, 1.82) is 0 Å². The van der Waals surface area contributed by atoms with E-state index < -0.39 is 0 Å². The lowest BCUT2D eigenvalue weighted by Crippen LogP contribution is -2.06. The quantitative estimate of drug-likeness (QED) is 0.167. The molecule has 0 radical (unpaired) electrons. The summed E-state index contributed by atoms with van der Waals surface area (Å²) < 4.78 is 9.98. The highest BCUT2D eigenvalue weighted by atomic mass is 15.0. The van der Waals surface area contributed by atoms with E-state index in [1.54, 1.807) is 0 Å². The van der Waals surface area contributed by atoms with Gasteiger partial charge < -0.3 is 18.3 Å². The van der Waals surface area contributed by atoms with E-state index in [0.29, 0.717) is 0 Å². The Hall–Kier alpha value is -7.04. The summed E-state index contributed by atoms with van der Waals surface area (Å²) in [7, 11) is 9.13. The average Bonchev–Trinajstić information content (AvgIpc) is 1.67. The number of rotatable bonds is 4. The van der Waals surface area contributed by atoms with Crippen molar-refractivity contribution in [3.8, 4) is 0 Å². The predicted molar refractivity (Wildman–Crippen MR) is 380 cm³/mol. The third-order valence-electron chi connectivity index (χ3n) is 24.7. The Balaban J connectivity index is 0.000000179. The Kier molecular flexibility index (Phi) is 14.3. The van der Waals surface area contributed by atoms with Crippen LogP contribution in [0.1, 0.15) is 178 Å². The van der Waals surface area contributed by atoms with E-state index in [1.165, 1.54) is 265 Å². The van der Waals surface area contributed by atoms with Gasteiger partial charge in [-0.2, -0.15) is 0 Å². The zero-order chi connectivity index (χ0) is 63.4. The van der Waals surface area contributed by atoms with Crippen LogP contribution in [0.5, 0.6) is 0 Å². The SMILES string of the molecule is Cc1c(C)c(C)c2c(c1C)c1c(C)c(C)c(Cc3c(C)c(C)c4c5c(C)c(C)c(C)c(C)c5n(C)c4c3C)c(C)c1n2C.Cc1c(C)c(C)c2c(c1C)c1c(C)c(Cc3c(C)c(C)c4c5c(C)c(C)c(C)c(C)c5n(C)c4c3C)c(C)c(C)c1n2C. The van der Waals surface area contributed by atoms with Gasteiger partial charge in [-0.25, -0.2) is 0 Å². The van der Waals surface area contributed by atoms with E-state index in [-0.39, 0.29) is 0 Å². The maximum Gasteiger partial charge on any atom is 0.0524 e. The van der Waals surface area contributed by atoms with Gasteiger partial charge in [0.25, 0.3) is 0 Å². The summed E-state index contributed by atoms with van der Waals surface area (Å²) in [5, 5.41) is 11.6. The second-order valence-electron chi connectivity index (χ2n) is 27.8. The van der Waals surface area contributed by atoms with Crippen LogP contribution in [0.2, 0.25) is 0 Å². The lowest BCUT2D eigenvalue weighted by atomic mass is 9.84. The van der Waals surface area contributed by atoms with E-state index in [9.17, 15) is 0 Å². The molecule has 4 heterocycles. The van der Waals surface area contributed by atoms with Crippen LogP contribution in [-0.4, -0.2) is 18.3 Å². The van der Waals surface area contributed by atoms with Crippen LogP contribution < -0.4 is 0 Å². The third kappa shape index (κ3) is 7.65. The molecule has 0 saturated carbocycles. The topological polar surface area (TPSA) is 19.7 Å². The molecule has 0 unspecified atom stereocenters. The fraction of sp³-hybridized carbons (Fsp3) is 0.415. The minimum absolute atomic E-state index is 0.956. The number of aromatic nitrogens is 4. The fourth-order valence-corrected chi connectivity index (χ4v) is 17.6. The van der Waals surface area contributed by atoms with E-state index in [1.807, 2.05) is 0 Å². The summed E-state index contributed by atoms with van der Waals surface area (Å²) >= 11 is 0.